The molecule has 2 atom stereocenters. The van der Waals surface area contributed by atoms with Crippen molar-refractivity contribution in [2.45, 2.75) is 37.5 Å². The summed E-state index contributed by atoms with van der Waals surface area (Å²) in [5.41, 5.74) is 0.977. The minimum atomic E-state index is -0.0396. The fourth-order valence-electron chi connectivity index (χ4n) is 2.02. The summed E-state index contributed by atoms with van der Waals surface area (Å²) in [6.07, 6.45) is 4.44. The molecule has 0 aliphatic rings. The Morgan fingerprint density at radius 3 is 2.90 bits per heavy atom. The number of nitrogens with zero attached hydrogens (tertiary/aromatic N) is 2. The van der Waals surface area contributed by atoms with Crippen LogP contribution < -0.4 is 0 Å². The van der Waals surface area contributed by atoms with E-state index in [1.807, 2.05) is 13.2 Å². The van der Waals surface area contributed by atoms with Crippen molar-refractivity contribution < 1.29 is 9.39 Å². The highest BCUT2D eigenvalue weighted by Crippen LogP contribution is 2.35. The third kappa shape index (κ3) is 3.34. The molecule has 2 radical (unpaired) electrons. The number of fused-ring (bicyclic) bond motifs is 1. The second-order valence-electron chi connectivity index (χ2n) is 4.39. The van der Waals surface area contributed by atoms with Crippen molar-refractivity contribution in [3.05, 3.63) is 16.6 Å². The Bertz CT molecular complexity index is 564. The van der Waals surface area contributed by atoms with Crippen molar-refractivity contribution >= 4 is 42.1 Å². The Balaban J connectivity index is 2.24. The monoisotopic (exact) mass is 308 g/mol. The number of thioether (sulfide) groups is 1. The fraction of sp³-hybridized carbons (Fsp3) is 0.538. The third-order valence-electron chi connectivity index (χ3n) is 3.08. The maximum Gasteiger partial charge on any atom is 0.282 e. The van der Waals surface area contributed by atoms with E-state index in [0.29, 0.717) is 6.61 Å². The summed E-state index contributed by atoms with van der Waals surface area (Å²) in [5, 5.41) is 4.19. The average Bonchev–Trinajstić information content (AvgIpc) is 2.90. The van der Waals surface area contributed by atoms with Crippen LogP contribution in [-0.2, 0) is 9.39 Å². The molecule has 0 aromatic carbocycles. The molecule has 20 heavy (non-hydrogen) atoms. The molecule has 4 nitrogen and oxygen atoms in total. The first kappa shape index (κ1) is 15.8. The number of thiophene rings is 1. The third-order valence-corrected chi connectivity index (χ3v) is 4.93. The van der Waals surface area contributed by atoms with E-state index < -0.39 is 0 Å². The highest BCUT2D eigenvalue weighted by atomic mass is 32.2. The standard InChI is InChI=1S/C13H17BN2O2S2/c1-4-9(5-17-14)18-8(2)12-11-10(6-20-12)13(19-3)16-7-15-11/h6-9H,4-5H2,1-3H3. The van der Waals surface area contributed by atoms with Gasteiger partial charge < -0.3 is 9.39 Å². The van der Waals surface area contributed by atoms with E-state index in [1.54, 1.807) is 29.4 Å². The molecule has 2 heterocycles. The summed E-state index contributed by atoms with van der Waals surface area (Å²) >= 11 is 3.29. The molecule has 0 bridgehead atoms. The van der Waals surface area contributed by atoms with E-state index in [4.69, 9.17) is 12.8 Å². The zero-order valence-electron chi connectivity index (χ0n) is 11.8. The SMILES string of the molecule is [B]OCC(CC)OC(C)c1scc2c(SC)ncnc12. The molecule has 0 saturated heterocycles. The Hall–Kier alpha value is -0.625. The van der Waals surface area contributed by atoms with Gasteiger partial charge in [-0.3, -0.25) is 0 Å². The summed E-state index contributed by atoms with van der Waals surface area (Å²) in [5.74, 6) is 0. The van der Waals surface area contributed by atoms with Gasteiger partial charge in [-0.1, -0.05) is 6.92 Å². The van der Waals surface area contributed by atoms with Crippen molar-refractivity contribution in [2.24, 2.45) is 0 Å². The molecule has 0 spiro atoms. The first-order valence-electron chi connectivity index (χ1n) is 6.44. The van der Waals surface area contributed by atoms with Crippen LogP contribution in [-0.4, -0.2) is 37.0 Å². The number of aromatic nitrogens is 2. The minimum absolute atomic E-state index is 0.00555. The second kappa shape index (κ2) is 7.40. The van der Waals surface area contributed by atoms with Gasteiger partial charge in [-0.15, -0.1) is 23.1 Å². The summed E-state index contributed by atoms with van der Waals surface area (Å²) in [6.45, 7) is 4.48. The maximum absolute atomic E-state index is 6.00. The zero-order chi connectivity index (χ0) is 14.5. The Labute approximate surface area is 128 Å². The molecular formula is C13H17BN2O2S2. The number of rotatable bonds is 7. The minimum Gasteiger partial charge on any atom is -0.445 e. The van der Waals surface area contributed by atoms with Crippen LogP contribution in [0.1, 0.15) is 31.2 Å². The van der Waals surface area contributed by atoms with Crippen LogP contribution in [0.25, 0.3) is 10.9 Å². The Kier molecular flexibility index (Phi) is 5.83. The molecule has 2 unspecified atom stereocenters. The smallest absolute Gasteiger partial charge is 0.282 e. The lowest BCUT2D eigenvalue weighted by atomic mass is 10.2. The summed E-state index contributed by atoms with van der Waals surface area (Å²) in [6, 6.07) is 0. The van der Waals surface area contributed by atoms with E-state index in [2.05, 4.69) is 26.9 Å². The van der Waals surface area contributed by atoms with Gasteiger partial charge >= 0.3 is 0 Å². The zero-order valence-corrected chi connectivity index (χ0v) is 13.5. The lowest BCUT2D eigenvalue weighted by molar-refractivity contribution is -0.0252. The Morgan fingerprint density at radius 1 is 1.45 bits per heavy atom. The van der Waals surface area contributed by atoms with E-state index in [0.717, 1.165) is 27.2 Å². The number of hydrogen-bond donors (Lipinski definition) is 0. The molecule has 2 rings (SSSR count). The van der Waals surface area contributed by atoms with Gasteiger partial charge in [0.25, 0.3) is 8.05 Å². The number of hydrogen-bond acceptors (Lipinski definition) is 6. The van der Waals surface area contributed by atoms with Crippen molar-refractivity contribution in [3.8, 4) is 0 Å². The van der Waals surface area contributed by atoms with Gasteiger partial charge in [0.05, 0.1) is 29.2 Å². The highest BCUT2D eigenvalue weighted by molar-refractivity contribution is 7.98. The second-order valence-corrected chi connectivity index (χ2v) is 6.09. The van der Waals surface area contributed by atoms with Gasteiger partial charge in [-0.2, -0.15) is 0 Å². The molecule has 2 aromatic rings. The first-order valence-corrected chi connectivity index (χ1v) is 8.54. The molecule has 0 saturated carbocycles. The van der Waals surface area contributed by atoms with E-state index in [9.17, 15) is 0 Å². The maximum atomic E-state index is 6.00. The molecule has 0 aliphatic heterocycles. The van der Waals surface area contributed by atoms with Gasteiger partial charge in [0.15, 0.2) is 0 Å². The van der Waals surface area contributed by atoms with Crippen LogP contribution in [0.2, 0.25) is 0 Å². The van der Waals surface area contributed by atoms with E-state index >= 15 is 0 Å². The van der Waals surface area contributed by atoms with Crippen LogP contribution in [0.4, 0.5) is 0 Å². The topological polar surface area (TPSA) is 44.2 Å². The molecule has 7 heteroatoms. The normalized spacial score (nSPS) is 14.6. The highest BCUT2D eigenvalue weighted by Gasteiger charge is 2.19. The van der Waals surface area contributed by atoms with Crippen molar-refractivity contribution in [1.82, 2.24) is 9.97 Å². The predicted molar refractivity (Wildman–Crippen MR) is 84.5 cm³/mol. The van der Waals surface area contributed by atoms with Crippen molar-refractivity contribution in [3.63, 3.8) is 0 Å². The number of ether oxygens (including phenoxy) is 1. The lowest BCUT2D eigenvalue weighted by Crippen LogP contribution is -2.20. The van der Waals surface area contributed by atoms with Crippen LogP contribution in [0.3, 0.4) is 0 Å². The molecule has 0 aliphatic carbocycles. The van der Waals surface area contributed by atoms with Crippen molar-refractivity contribution in [2.75, 3.05) is 12.9 Å². The van der Waals surface area contributed by atoms with Crippen LogP contribution in [0, 0.1) is 0 Å². The van der Waals surface area contributed by atoms with Gasteiger partial charge in [0.2, 0.25) is 0 Å². The molecule has 0 fully saturated rings. The first-order chi connectivity index (χ1) is 9.71. The van der Waals surface area contributed by atoms with Gasteiger partial charge in [0, 0.05) is 10.8 Å². The van der Waals surface area contributed by atoms with Crippen molar-refractivity contribution in [1.29, 1.82) is 0 Å². The largest absolute Gasteiger partial charge is 0.445 e. The van der Waals surface area contributed by atoms with E-state index in [-0.39, 0.29) is 12.2 Å². The fourth-order valence-corrected chi connectivity index (χ4v) is 3.61. The molecule has 0 amide bonds. The van der Waals surface area contributed by atoms with E-state index in [1.165, 1.54) is 0 Å². The quantitative estimate of drug-likeness (QED) is 0.446. The lowest BCUT2D eigenvalue weighted by Gasteiger charge is -2.20. The summed E-state index contributed by atoms with van der Waals surface area (Å²) in [4.78, 5) is 9.80. The average molecular weight is 308 g/mol. The Morgan fingerprint density at radius 2 is 2.25 bits per heavy atom. The van der Waals surface area contributed by atoms with Crippen LogP contribution >= 0.6 is 23.1 Å². The van der Waals surface area contributed by atoms with Gasteiger partial charge in [0.1, 0.15) is 11.4 Å². The van der Waals surface area contributed by atoms with Gasteiger partial charge in [-0.05, 0) is 19.6 Å². The molecule has 2 aromatic heterocycles. The predicted octanol–water partition coefficient (Wildman–Crippen LogP) is 3.37. The van der Waals surface area contributed by atoms with Crippen LogP contribution in [0.5, 0.6) is 0 Å². The summed E-state index contributed by atoms with van der Waals surface area (Å²) < 4.78 is 10.7. The van der Waals surface area contributed by atoms with Gasteiger partial charge in [-0.25, -0.2) is 9.97 Å². The molecule has 106 valence electrons. The molecular weight excluding hydrogens is 291 g/mol. The van der Waals surface area contributed by atoms with Crippen LogP contribution in [0.15, 0.2) is 16.7 Å². The molecule has 0 N–H and O–H groups in total. The summed E-state index contributed by atoms with van der Waals surface area (Å²) in [7, 11) is 5.13.